The molecule has 0 aromatic heterocycles. The number of nitrogens with one attached hydrogen (secondary N) is 1. The van der Waals surface area contributed by atoms with E-state index in [1.165, 1.54) is 7.11 Å². The highest BCUT2D eigenvalue weighted by Gasteiger charge is 2.24. The van der Waals surface area contributed by atoms with Crippen LogP contribution in [0.4, 0.5) is 4.79 Å². The number of carbonyl (C=O) groups excluding carboxylic acids is 2. The van der Waals surface area contributed by atoms with Crippen LogP contribution in [-0.4, -0.2) is 55.7 Å². The number of methoxy groups -OCH3 is 1. The fourth-order valence-electron chi connectivity index (χ4n) is 1.31. The van der Waals surface area contributed by atoms with E-state index in [-0.39, 0.29) is 19.6 Å². The lowest BCUT2D eigenvalue weighted by Crippen LogP contribution is -2.44. The van der Waals surface area contributed by atoms with Crippen LogP contribution in [0, 0.1) is 0 Å². The van der Waals surface area contributed by atoms with Crippen LogP contribution in [0.25, 0.3) is 0 Å². The van der Waals surface area contributed by atoms with E-state index < -0.39 is 23.7 Å². The maximum absolute atomic E-state index is 11.6. The maximum Gasteiger partial charge on any atom is 0.408 e. The summed E-state index contributed by atoms with van der Waals surface area (Å²) in [5.74, 6) is -0.554. The molecule has 0 aliphatic rings. The van der Waals surface area contributed by atoms with Crippen molar-refractivity contribution >= 4 is 12.1 Å². The van der Waals surface area contributed by atoms with Gasteiger partial charge in [0.1, 0.15) is 11.6 Å². The Bertz CT molecular complexity index is 300. The maximum atomic E-state index is 11.6. The third-order valence-electron chi connectivity index (χ3n) is 2.17. The number of esters is 1. The largest absolute Gasteiger partial charge is 0.467 e. The van der Waals surface area contributed by atoms with Crippen LogP contribution >= 0.6 is 0 Å². The molecule has 7 heteroatoms. The Morgan fingerprint density at radius 3 is 2.40 bits per heavy atom. The first-order valence-electron chi connectivity index (χ1n) is 6.56. The highest BCUT2D eigenvalue weighted by atomic mass is 16.6. The van der Waals surface area contributed by atoms with E-state index in [0.717, 1.165) is 0 Å². The molecule has 0 heterocycles. The molecule has 0 bridgehead atoms. The third kappa shape index (κ3) is 9.57. The summed E-state index contributed by atoms with van der Waals surface area (Å²) in [4.78, 5) is 23.2. The van der Waals surface area contributed by atoms with Crippen molar-refractivity contribution in [3.63, 3.8) is 0 Å². The molecule has 1 atom stereocenters. The van der Waals surface area contributed by atoms with Gasteiger partial charge >= 0.3 is 12.1 Å². The molecule has 0 spiro atoms. The van der Waals surface area contributed by atoms with Crippen molar-refractivity contribution in [2.75, 3.05) is 26.9 Å². The number of ether oxygens (including phenoxy) is 3. The van der Waals surface area contributed by atoms with E-state index in [0.29, 0.717) is 13.0 Å². The molecular weight excluding hydrogens is 266 g/mol. The van der Waals surface area contributed by atoms with Gasteiger partial charge in [0.25, 0.3) is 0 Å². The lowest BCUT2D eigenvalue weighted by Gasteiger charge is -2.22. The van der Waals surface area contributed by atoms with Gasteiger partial charge in [0.15, 0.2) is 0 Å². The number of rotatable bonds is 8. The van der Waals surface area contributed by atoms with Gasteiger partial charge in [0.05, 0.1) is 7.11 Å². The number of aliphatic hydroxyl groups is 1. The van der Waals surface area contributed by atoms with Crippen molar-refractivity contribution in [1.29, 1.82) is 0 Å². The Balaban J connectivity index is 4.22. The van der Waals surface area contributed by atoms with Gasteiger partial charge in [-0.05, 0) is 27.2 Å². The summed E-state index contributed by atoms with van der Waals surface area (Å²) in [6.45, 7) is 5.93. The van der Waals surface area contributed by atoms with Crippen LogP contribution in [0.1, 0.15) is 33.6 Å². The second-order valence-electron chi connectivity index (χ2n) is 5.20. The smallest absolute Gasteiger partial charge is 0.408 e. The first-order valence-corrected chi connectivity index (χ1v) is 6.56. The molecule has 0 aromatic carbocycles. The molecule has 0 aromatic rings. The molecule has 2 N–H and O–H groups in total. The average molecular weight is 291 g/mol. The molecule has 1 amide bonds. The number of carbonyl (C=O) groups is 2. The fourth-order valence-corrected chi connectivity index (χ4v) is 1.31. The Morgan fingerprint density at radius 1 is 1.25 bits per heavy atom. The molecule has 0 unspecified atom stereocenters. The van der Waals surface area contributed by atoms with E-state index in [4.69, 9.17) is 14.6 Å². The van der Waals surface area contributed by atoms with E-state index >= 15 is 0 Å². The number of hydrogen-bond donors (Lipinski definition) is 2. The number of hydrogen-bond acceptors (Lipinski definition) is 6. The second kappa shape index (κ2) is 9.55. The molecule has 0 fully saturated rings. The zero-order valence-corrected chi connectivity index (χ0v) is 12.6. The number of amides is 1. The molecule has 0 aliphatic heterocycles. The number of alkyl carbamates (subject to hydrolysis) is 1. The third-order valence-corrected chi connectivity index (χ3v) is 2.17. The SMILES string of the molecule is COC(=O)[C@H](CCOCCCO)NC(=O)OC(C)(C)C. The zero-order valence-electron chi connectivity index (χ0n) is 12.6. The standard InChI is InChI=1S/C13H25NO6/c1-13(2,3)20-12(17)14-10(11(16)18-4)6-9-19-8-5-7-15/h10,15H,5-9H2,1-4H3,(H,14,17)/t10-/m0/s1. The van der Waals surface area contributed by atoms with Crippen molar-refractivity contribution in [2.45, 2.75) is 45.3 Å². The van der Waals surface area contributed by atoms with Gasteiger partial charge in [-0.2, -0.15) is 0 Å². The Morgan fingerprint density at radius 2 is 1.90 bits per heavy atom. The van der Waals surface area contributed by atoms with Crippen molar-refractivity contribution < 1.29 is 28.9 Å². The minimum atomic E-state index is -0.816. The summed E-state index contributed by atoms with van der Waals surface area (Å²) in [6.07, 6.45) is 0.128. The molecule has 0 rings (SSSR count). The van der Waals surface area contributed by atoms with Gasteiger partial charge in [-0.25, -0.2) is 9.59 Å². The zero-order chi connectivity index (χ0) is 15.6. The van der Waals surface area contributed by atoms with Crippen LogP contribution < -0.4 is 5.32 Å². The van der Waals surface area contributed by atoms with E-state index in [2.05, 4.69) is 10.1 Å². The quantitative estimate of drug-likeness (QED) is 0.508. The molecule has 118 valence electrons. The van der Waals surface area contributed by atoms with E-state index in [1.54, 1.807) is 20.8 Å². The number of aliphatic hydroxyl groups excluding tert-OH is 1. The summed E-state index contributed by atoms with van der Waals surface area (Å²) in [7, 11) is 1.25. The van der Waals surface area contributed by atoms with Crippen LogP contribution in [0.2, 0.25) is 0 Å². The molecule has 0 saturated heterocycles. The summed E-state index contributed by atoms with van der Waals surface area (Å²) < 4.78 is 14.9. The van der Waals surface area contributed by atoms with Gasteiger partial charge in [0, 0.05) is 26.2 Å². The van der Waals surface area contributed by atoms with Crippen LogP contribution in [-0.2, 0) is 19.0 Å². The molecule has 7 nitrogen and oxygen atoms in total. The predicted molar refractivity (Wildman–Crippen MR) is 72.3 cm³/mol. The Hall–Kier alpha value is -1.34. The van der Waals surface area contributed by atoms with Crippen LogP contribution in [0.3, 0.4) is 0 Å². The molecule has 0 radical (unpaired) electrons. The van der Waals surface area contributed by atoms with Gasteiger partial charge < -0.3 is 24.6 Å². The minimum Gasteiger partial charge on any atom is -0.467 e. The van der Waals surface area contributed by atoms with E-state index in [1.807, 2.05) is 0 Å². The first kappa shape index (κ1) is 18.7. The van der Waals surface area contributed by atoms with Crippen molar-refractivity contribution in [3.05, 3.63) is 0 Å². The van der Waals surface area contributed by atoms with Gasteiger partial charge in [-0.15, -0.1) is 0 Å². The summed E-state index contributed by atoms with van der Waals surface area (Å²) in [5.41, 5.74) is -0.637. The first-order chi connectivity index (χ1) is 9.30. The predicted octanol–water partition coefficient (Wildman–Crippen LogP) is 0.842. The molecule has 0 aliphatic carbocycles. The Labute approximate surface area is 119 Å². The van der Waals surface area contributed by atoms with Gasteiger partial charge in [-0.3, -0.25) is 0 Å². The summed E-state index contributed by atoms with van der Waals surface area (Å²) in [6, 6.07) is -0.816. The van der Waals surface area contributed by atoms with Crippen molar-refractivity contribution in [2.24, 2.45) is 0 Å². The molecule has 20 heavy (non-hydrogen) atoms. The van der Waals surface area contributed by atoms with Crippen molar-refractivity contribution in [1.82, 2.24) is 5.32 Å². The van der Waals surface area contributed by atoms with Gasteiger partial charge in [0.2, 0.25) is 0 Å². The fraction of sp³-hybridized carbons (Fsp3) is 0.846. The highest BCUT2D eigenvalue weighted by molar-refractivity contribution is 5.81. The average Bonchev–Trinajstić information content (AvgIpc) is 2.34. The second-order valence-corrected chi connectivity index (χ2v) is 5.20. The molecule has 0 saturated carbocycles. The van der Waals surface area contributed by atoms with Crippen molar-refractivity contribution in [3.8, 4) is 0 Å². The van der Waals surface area contributed by atoms with Crippen LogP contribution in [0.15, 0.2) is 0 Å². The Kier molecular flexibility index (Phi) is 8.91. The van der Waals surface area contributed by atoms with Gasteiger partial charge in [-0.1, -0.05) is 0 Å². The normalized spacial score (nSPS) is 12.7. The monoisotopic (exact) mass is 291 g/mol. The minimum absolute atomic E-state index is 0.0522. The topological polar surface area (TPSA) is 94.1 Å². The highest BCUT2D eigenvalue weighted by Crippen LogP contribution is 2.07. The molecular formula is C13H25NO6. The summed E-state index contributed by atoms with van der Waals surface area (Å²) in [5, 5.41) is 11.1. The lowest BCUT2D eigenvalue weighted by atomic mass is 10.2. The van der Waals surface area contributed by atoms with E-state index in [9.17, 15) is 9.59 Å². The lowest BCUT2D eigenvalue weighted by molar-refractivity contribution is -0.143. The van der Waals surface area contributed by atoms with Crippen LogP contribution in [0.5, 0.6) is 0 Å². The summed E-state index contributed by atoms with van der Waals surface area (Å²) >= 11 is 0.